The third-order valence-electron chi connectivity index (χ3n) is 4.60. The normalized spacial score (nSPS) is 10.9. The Morgan fingerprint density at radius 2 is 1.79 bits per heavy atom. The van der Waals surface area contributed by atoms with Gasteiger partial charge in [-0.3, -0.25) is 0 Å². The summed E-state index contributed by atoms with van der Waals surface area (Å²) in [4.78, 5) is 4.75. The molecule has 0 aliphatic carbocycles. The van der Waals surface area contributed by atoms with E-state index >= 15 is 0 Å². The van der Waals surface area contributed by atoms with Crippen molar-refractivity contribution in [1.82, 2.24) is 9.55 Å². The van der Waals surface area contributed by atoms with E-state index in [1.165, 1.54) is 7.11 Å². The number of rotatable bonds is 6. The predicted octanol–water partition coefficient (Wildman–Crippen LogP) is 5.06. The van der Waals surface area contributed by atoms with E-state index < -0.39 is 0 Å². The number of hydrogen-bond acceptors (Lipinski definition) is 4. The molecule has 3 aromatic carbocycles. The average molecular weight is 394 g/mol. The summed E-state index contributed by atoms with van der Waals surface area (Å²) in [6, 6.07) is 21.2. The number of anilines is 1. The van der Waals surface area contributed by atoms with E-state index in [0.29, 0.717) is 18.8 Å². The van der Waals surface area contributed by atoms with Crippen LogP contribution in [0.1, 0.15) is 11.1 Å². The summed E-state index contributed by atoms with van der Waals surface area (Å²) in [5.74, 6) is 1.36. The molecule has 4 rings (SSSR count). The average Bonchev–Trinajstić information content (AvgIpc) is 3.06. The van der Waals surface area contributed by atoms with E-state index in [1.807, 2.05) is 54.6 Å². The molecule has 4 aromatic rings. The third-order valence-corrected chi connectivity index (χ3v) is 4.86. The number of phenolic OH excluding ortho intramolecular Hbond substituents is 1. The van der Waals surface area contributed by atoms with Gasteiger partial charge in [-0.1, -0.05) is 41.9 Å². The van der Waals surface area contributed by atoms with Gasteiger partial charge in [0.05, 0.1) is 24.7 Å². The monoisotopic (exact) mass is 393 g/mol. The second-order valence-electron chi connectivity index (χ2n) is 6.50. The van der Waals surface area contributed by atoms with Gasteiger partial charge in [0.15, 0.2) is 11.5 Å². The number of methoxy groups -OCH3 is 1. The number of ether oxygens (including phenoxy) is 1. The number of halogens is 1. The predicted molar refractivity (Wildman–Crippen MR) is 112 cm³/mol. The highest BCUT2D eigenvalue weighted by atomic mass is 35.5. The van der Waals surface area contributed by atoms with Gasteiger partial charge in [-0.2, -0.15) is 0 Å². The van der Waals surface area contributed by atoms with E-state index in [0.717, 1.165) is 33.1 Å². The first-order valence-corrected chi connectivity index (χ1v) is 9.31. The van der Waals surface area contributed by atoms with Gasteiger partial charge in [0.2, 0.25) is 5.95 Å². The molecule has 142 valence electrons. The molecule has 0 bridgehead atoms. The van der Waals surface area contributed by atoms with E-state index in [2.05, 4.69) is 16.0 Å². The molecular formula is C22H20ClN3O2. The highest BCUT2D eigenvalue weighted by Gasteiger charge is 2.11. The largest absolute Gasteiger partial charge is 0.504 e. The lowest BCUT2D eigenvalue weighted by molar-refractivity contribution is 0.373. The number of nitrogens with zero attached hydrogens (tertiary/aromatic N) is 2. The number of hydrogen-bond donors (Lipinski definition) is 2. The van der Waals surface area contributed by atoms with Crippen molar-refractivity contribution in [2.75, 3.05) is 12.4 Å². The van der Waals surface area contributed by atoms with E-state index in [9.17, 15) is 5.11 Å². The van der Waals surface area contributed by atoms with Gasteiger partial charge in [-0.15, -0.1) is 0 Å². The van der Waals surface area contributed by atoms with Crippen LogP contribution in [0.2, 0.25) is 5.02 Å². The molecule has 0 saturated carbocycles. The van der Waals surface area contributed by atoms with Crippen molar-refractivity contribution < 1.29 is 9.84 Å². The standard InChI is InChI=1S/C22H20ClN3O2/c1-28-21-12-16(8-11-20(21)27)13-24-22-25-18-4-2-3-5-19(18)26(22)14-15-6-9-17(23)10-7-15/h2-12,27H,13-14H2,1H3,(H,24,25). The van der Waals surface area contributed by atoms with Crippen LogP contribution in [0, 0.1) is 0 Å². The summed E-state index contributed by atoms with van der Waals surface area (Å²) in [6.45, 7) is 1.24. The molecule has 2 N–H and O–H groups in total. The minimum absolute atomic E-state index is 0.126. The Morgan fingerprint density at radius 3 is 2.57 bits per heavy atom. The van der Waals surface area contributed by atoms with Gasteiger partial charge < -0.3 is 19.7 Å². The summed E-state index contributed by atoms with van der Waals surface area (Å²) < 4.78 is 7.34. The van der Waals surface area contributed by atoms with E-state index in [-0.39, 0.29) is 5.75 Å². The zero-order valence-corrected chi connectivity index (χ0v) is 16.1. The summed E-state index contributed by atoms with van der Waals surface area (Å²) in [6.07, 6.45) is 0. The van der Waals surface area contributed by atoms with Crippen LogP contribution in [0.15, 0.2) is 66.7 Å². The van der Waals surface area contributed by atoms with Crippen molar-refractivity contribution in [3.05, 3.63) is 82.9 Å². The van der Waals surface area contributed by atoms with Crippen molar-refractivity contribution in [1.29, 1.82) is 0 Å². The number of benzene rings is 3. The lowest BCUT2D eigenvalue weighted by Gasteiger charge is -2.12. The Kier molecular flexibility index (Phi) is 5.08. The van der Waals surface area contributed by atoms with Crippen molar-refractivity contribution >= 4 is 28.6 Å². The molecule has 0 unspecified atom stereocenters. The van der Waals surface area contributed by atoms with E-state index in [4.69, 9.17) is 21.3 Å². The van der Waals surface area contributed by atoms with Crippen LogP contribution >= 0.6 is 11.6 Å². The van der Waals surface area contributed by atoms with Crippen molar-refractivity contribution in [3.63, 3.8) is 0 Å². The maximum atomic E-state index is 9.77. The molecule has 6 heteroatoms. The van der Waals surface area contributed by atoms with Gasteiger partial charge in [0.25, 0.3) is 0 Å². The van der Waals surface area contributed by atoms with Gasteiger partial charge in [-0.25, -0.2) is 4.98 Å². The minimum Gasteiger partial charge on any atom is -0.504 e. The van der Waals surface area contributed by atoms with Crippen LogP contribution in [0.5, 0.6) is 11.5 Å². The maximum absolute atomic E-state index is 9.77. The number of phenols is 1. The summed E-state index contributed by atoms with van der Waals surface area (Å²) in [5.41, 5.74) is 4.12. The van der Waals surface area contributed by atoms with Crippen LogP contribution in [0.25, 0.3) is 11.0 Å². The van der Waals surface area contributed by atoms with E-state index in [1.54, 1.807) is 6.07 Å². The highest BCUT2D eigenvalue weighted by molar-refractivity contribution is 6.30. The first kappa shape index (κ1) is 18.2. The molecule has 0 aliphatic heterocycles. The molecule has 0 spiro atoms. The number of fused-ring (bicyclic) bond motifs is 1. The van der Waals surface area contributed by atoms with Crippen molar-refractivity contribution in [2.24, 2.45) is 0 Å². The molecular weight excluding hydrogens is 374 g/mol. The SMILES string of the molecule is COc1cc(CNc2nc3ccccc3n2Cc2ccc(Cl)cc2)ccc1O. The molecule has 1 aromatic heterocycles. The number of aromatic nitrogens is 2. The quantitative estimate of drug-likeness (QED) is 0.480. The molecule has 0 amide bonds. The molecule has 28 heavy (non-hydrogen) atoms. The number of para-hydroxylation sites is 2. The molecule has 0 radical (unpaired) electrons. The fourth-order valence-corrected chi connectivity index (χ4v) is 3.28. The molecule has 0 atom stereocenters. The second kappa shape index (κ2) is 7.82. The number of imidazole rings is 1. The first-order chi connectivity index (χ1) is 13.6. The highest BCUT2D eigenvalue weighted by Crippen LogP contribution is 2.27. The zero-order valence-electron chi connectivity index (χ0n) is 15.4. The van der Waals surface area contributed by atoms with Gasteiger partial charge >= 0.3 is 0 Å². The smallest absolute Gasteiger partial charge is 0.204 e. The molecule has 0 saturated heterocycles. The maximum Gasteiger partial charge on any atom is 0.204 e. The van der Waals surface area contributed by atoms with Crippen LogP contribution in [-0.4, -0.2) is 21.8 Å². The van der Waals surface area contributed by atoms with Gasteiger partial charge in [0, 0.05) is 11.6 Å². The number of nitrogens with one attached hydrogen (secondary N) is 1. The summed E-state index contributed by atoms with van der Waals surface area (Å²) in [5, 5.41) is 13.9. The van der Waals surface area contributed by atoms with Crippen molar-refractivity contribution in [3.8, 4) is 11.5 Å². The van der Waals surface area contributed by atoms with Crippen LogP contribution < -0.4 is 10.1 Å². The van der Waals surface area contributed by atoms with Crippen LogP contribution in [0.4, 0.5) is 5.95 Å². The molecule has 0 aliphatic rings. The van der Waals surface area contributed by atoms with Crippen molar-refractivity contribution in [2.45, 2.75) is 13.1 Å². The fourth-order valence-electron chi connectivity index (χ4n) is 3.16. The summed E-state index contributed by atoms with van der Waals surface area (Å²) in [7, 11) is 1.54. The fraction of sp³-hybridized carbons (Fsp3) is 0.136. The third kappa shape index (κ3) is 3.75. The molecule has 1 heterocycles. The Balaban J connectivity index is 1.63. The zero-order chi connectivity index (χ0) is 19.5. The van der Waals surface area contributed by atoms with Gasteiger partial charge in [-0.05, 0) is 47.5 Å². The Labute approximate surface area is 168 Å². The van der Waals surface area contributed by atoms with Crippen LogP contribution in [-0.2, 0) is 13.1 Å². The minimum atomic E-state index is 0.126. The second-order valence-corrected chi connectivity index (χ2v) is 6.93. The molecule has 5 nitrogen and oxygen atoms in total. The summed E-state index contributed by atoms with van der Waals surface area (Å²) >= 11 is 6.01. The number of aromatic hydroxyl groups is 1. The lowest BCUT2D eigenvalue weighted by atomic mass is 10.2. The topological polar surface area (TPSA) is 59.3 Å². The Morgan fingerprint density at radius 1 is 1.04 bits per heavy atom. The molecule has 0 fully saturated rings. The Bertz CT molecular complexity index is 1110. The van der Waals surface area contributed by atoms with Crippen LogP contribution in [0.3, 0.4) is 0 Å². The first-order valence-electron chi connectivity index (χ1n) is 8.93. The Hall–Kier alpha value is -3.18. The van der Waals surface area contributed by atoms with Gasteiger partial charge in [0.1, 0.15) is 0 Å². The lowest BCUT2D eigenvalue weighted by Crippen LogP contribution is -2.08.